The summed E-state index contributed by atoms with van der Waals surface area (Å²) in [6.07, 6.45) is 1.64. The maximum Gasteiger partial charge on any atom is 0.259 e. The van der Waals surface area contributed by atoms with Gasteiger partial charge in [-0.15, -0.1) is 11.3 Å². The number of hydrogen-bond acceptors (Lipinski definition) is 5. The first-order chi connectivity index (χ1) is 8.18. The number of aromatic nitrogens is 1. The summed E-state index contributed by atoms with van der Waals surface area (Å²) in [6, 6.07) is 4.15. The van der Waals surface area contributed by atoms with E-state index >= 15 is 0 Å². The number of carbonyl (C=O) groups excluding carboxylic acids is 1. The Hall–Kier alpha value is -2.08. The largest absolute Gasteiger partial charge is 0.507 e. The van der Waals surface area contributed by atoms with Crippen LogP contribution in [0.1, 0.15) is 15.4 Å². The van der Waals surface area contributed by atoms with Crippen LogP contribution in [0.5, 0.6) is 11.5 Å². The summed E-state index contributed by atoms with van der Waals surface area (Å²) in [4.78, 5) is 15.7. The van der Waals surface area contributed by atoms with Gasteiger partial charge in [0.1, 0.15) is 22.1 Å². The van der Waals surface area contributed by atoms with Crippen molar-refractivity contribution in [2.24, 2.45) is 0 Å². The van der Waals surface area contributed by atoms with Crippen molar-refractivity contribution in [1.82, 2.24) is 10.3 Å². The van der Waals surface area contributed by atoms with Crippen LogP contribution in [0.4, 0.5) is 0 Å². The van der Waals surface area contributed by atoms with Crippen molar-refractivity contribution in [1.29, 1.82) is 0 Å². The highest BCUT2D eigenvalue weighted by Crippen LogP contribution is 2.25. The highest BCUT2D eigenvalue weighted by molar-refractivity contribution is 7.09. The van der Waals surface area contributed by atoms with Gasteiger partial charge in [0.15, 0.2) is 0 Å². The third-order valence-electron chi connectivity index (χ3n) is 2.13. The fourth-order valence-corrected chi connectivity index (χ4v) is 1.90. The molecular formula is C11H10N2O3S. The number of benzene rings is 1. The second kappa shape index (κ2) is 4.84. The van der Waals surface area contributed by atoms with Crippen molar-refractivity contribution in [2.75, 3.05) is 0 Å². The van der Waals surface area contributed by atoms with Gasteiger partial charge in [-0.25, -0.2) is 4.98 Å². The molecule has 0 saturated heterocycles. The van der Waals surface area contributed by atoms with E-state index < -0.39 is 5.91 Å². The van der Waals surface area contributed by atoms with E-state index in [1.54, 1.807) is 11.6 Å². The van der Waals surface area contributed by atoms with Gasteiger partial charge in [0.05, 0.1) is 6.54 Å². The lowest BCUT2D eigenvalue weighted by Crippen LogP contribution is -2.22. The molecule has 1 aromatic heterocycles. The molecule has 0 saturated carbocycles. The van der Waals surface area contributed by atoms with E-state index in [4.69, 9.17) is 0 Å². The van der Waals surface area contributed by atoms with Crippen LogP contribution in [-0.4, -0.2) is 21.1 Å². The zero-order valence-electron chi connectivity index (χ0n) is 8.75. The highest BCUT2D eigenvalue weighted by Gasteiger charge is 2.15. The van der Waals surface area contributed by atoms with Crippen LogP contribution in [0.25, 0.3) is 0 Å². The van der Waals surface area contributed by atoms with Crippen molar-refractivity contribution in [3.8, 4) is 11.5 Å². The smallest absolute Gasteiger partial charge is 0.259 e. The van der Waals surface area contributed by atoms with E-state index in [9.17, 15) is 15.0 Å². The Balaban J connectivity index is 2.10. The average Bonchev–Trinajstić information content (AvgIpc) is 2.79. The number of thiazole rings is 1. The number of aromatic hydroxyl groups is 2. The summed E-state index contributed by atoms with van der Waals surface area (Å²) in [6.45, 7) is 0.268. The van der Waals surface area contributed by atoms with Gasteiger partial charge in [0, 0.05) is 11.6 Å². The molecule has 3 N–H and O–H groups in total. The maximum absolute atomic E-state index is 11.7. The fourth-order valence-electron chi connectivity index (χ4n) is 1.35. The van der Waals surface area contributed by atoms with Gasteiger partial charge in [0.2, 0.25) is 0 Å². The molecule has 5 nitrogen and oxygen atoms in total. The zero-order valence-corrected chi connectivity index (χ0v) is 9.57. The summed E-state index contributed by atoms with van der Waals surface area (Å²) in [5.41, 5.74) is -0.121. The lowest BCUT2D eigenvalue weighted by molar-refractivity contribution is 0.0945. The number of hydrogen-bond donors (Lipinski definition) is 3. The van der Waals surface area contributed by atoms with Crippen molar-refractivity contribution in [3.05, 3.63) is 40.3 Å². The molecule has 2 aromatic rings. The molecule has 0 aliphatic carbocycles. The molecule has 88 valence electrons. The number of rotatable bonds is 3. The Morgan fingerprint density at radius 1 is 1.35 bits per heavy atom. The van der Waals surface area contributed by atoms with Crippen LogP contribution in [0.2, 0.25) is 0 Å². The number of amides is 1. The van der Waals surface area contributed by atoms with E-state index in [0.717, 1.165) is 5.01 Å². The van der Waals surface area contributed by atoms with Crippen LogP contribution < -0.4 is 5.32 Å². The molecule has 0 atom stereocenters. The molecule has 0 fully saturated rings. The molecular weight excluding hydrogens is 240 g/mol. The van der Waals surface area contributed by atoms with Gasteiger partial charge in [0.25, 0.3) is 5.91 Å². The molecule has 0 bridgehead atoms. The minimum Gasteiger partial charge on any atom is -0.507 e. The first kappa shape index (κ1) is 11.4. The van der Waals surface area contributed by atoms with Crippen LogP contribution in [0.15, 0.2) is 29.8 Å². The molecule has 0 radical (unpaired) electrons. The van der Waals surface area contributed by atoms with Gasteiger partial charge in [-0.05, 0) is 12.1 Å². The molecule has 2 rings (SSSR count). The molecule has 0 spiro atoms. The first-order valence-electron chi connectivity index (χ1n) is 4.86. The predicted octanol–water partition coefficient (Wildman–Crippen LogP) is 1.48. The topological polar surface area (TPSA) is 82.5 Å². The van der Waals surface area contributed by atoms with Crippen LogP contribution in [-0.2, 0) is 6.54 Å². The molecule has 0 aliphatic rings. The van der Waals surface area contributed by atoms with E-state index in [1.165, 1.54) is 29.5 Å². The Bertz CT molecular complexity index is 505. The number of phenolic OH excluding ortho intramolecular Hbond substituents is 2. The number of phenols is 2. The van der Waals surface area contributed by atoms with Crippen LogP contribution in [0.3, 0.4) is 0 Å². The van der Waals surface area contributed by atoms with Crippen molar-refractivity contribution in [2.45, 2.75) is 6.54 Å². The summed E-state index contributed by atoms with van der Waals surface area (Å²) < 4.78 is 0. The van der Waals surface area contributed by atoms with Crippen LogP contribution in [0, 0.1) is 0 Å². The molecule has 1 amide bonds. The monoisotopic (exact) mass is 250 g/mol. The lowest BCUT2D eigenvalue weighted by Gasteiger charge is -2.06. The zero-order chi connectivity index (χ0) is 12.3. The molecule has 1 heterocycles. The molecule has 6 heteroatoms. The summed E-state index contributed by atoms with van der Waals surface area (Å²) in [5, 5.41) is 24.1. The average molecular weight is 250 g/mol. The van der Waals surface area contributed by atoms with Crippen LogP contribution >= 0.6 is 11.3 Å². The van der Waals surface area contributed by atoms with Crippen molar-refractivity contribution >= 4 is 17.2 Å². The maximum atomic E-state index is 11.7. The highest BCUT2D eigenvalue weighted by atomic mass is 32.1. The molecule has 0 unspecified atom stereocenters. The normalized spacial score (nSPS) is 10.1. The van der Waals surface area contributed by atoms with Gasteiger partial charge >= 0.3 is 0 Å². The summed E-state index contributed by atoms with van der Waals surface area (Å²) >= 11 is 1.42. The van der Waals surface area contributed by atoms with E-state index in [1.807, 2.05) is 0 Å². The summed E-state index contributed by atoms with van der Waals surface area (Å²) in [5.74, 6) is -1.03. The third-order valence-corrected chi connectivity index (χ3v) is 2.91. The van der Waals surface area contributed by atoms with E-state index in [0.29, 0.717) is 0 Å². The molecule has 17 heavy (non-hydrogen) atoms. The van der Waals surface area contributed by atoms with Gasteiger partial charge in [-0.2, -0.15) is 0 Å². The Kier molecular flexibility index (Phi) is 3.24. The van der Waals surface area contributed by atoms with E-state index in [-0.39, 0.29) is 23.6 Å². The quantitative estimate of drug-likeness (QED) is 0.770. The Morgan fingerprint density at radius 3 is 2.65 bits per heavy atom. The first-order valence-corrected chi connectivity index (χ1v) is 5.74. The SMILES string of the molecule is O=C(NCc1nccs1)c1c(O)cccc1O. The molecule has 1 aromatic carbocycles. The summed E-state index contributed by atoms with van der Waals surface area (Å²) in [7, 11) is 0. The van der Waals surface area contributed by atoms with Crippen molar-refractivity contribution < 1.29 is 15.0 Å². The van der Waals surface area contributed by atoms with Gasteiger partial charge in [-0.3, -0.25) is 4.79 Å². The predicted molar refractivity (Wildman–Crippen MR) is 63.1 cm³/mol. The third kappa shape index (κ3) is 2.54. The standard InChI is InChI=1S/C11H10N2O3S/c14-7-2-1-3-8(15)10(7)11(16)13-6-9-12-4-5-17-9/h1-5,14-15H,6H2,(H,13,16). The number of nitrogens with one attached hydrogen (secondary N) is 1. The number of carbonyl (C=O) groups is 1. The second-order valence-electron chi connectivity index (χ2n) is 3.28. The van der Waals surface area contributed by atoms with Crippen molar-refractivity contribution in [3.63, 3.8) is 0 Å². The minimum atomic E-state index is -0.532. The van der Waals surface area contributed by atoms with E-state index in [2.05, 4.69) is 10.3 Å². The van der Waals surface area contributed by atoms with Gasteiger partial charge < -0.3 is 15.5 Å². The Labute approximate surface area is 101 Å². The number of nitrogens with zero attached hydrogens (tertiary/aromatic N) is 1. The lowest BCUT2D eigenvalue weighted by atomic mass is 10.1. The Morgan fingerprint density at radius 2 is 2.06 bits per heavy atom. The molecule has 0 aliphatic heterocycles. The fraction of sp³-hybridized carbons (Fsp3) is 0.0909. The minimum absolute atomic E-state index is 0.121. The second-order valence-corrected chi connectivity index (χ2v) is 4.26. The van der Waals surface area contributed by atoms with Gasteiger partial charge in [-0.1, -0.05) is 6.07 Å².